The fourth-order valence-electron chi connectivity index (χ4n) is 2.31. The molecule has 0 amide bonds. The molecule has 0 saturated carbocycles. The number of anilines is 1. The summed E-state index contributed by atoms with van der Waals surface area (Å²) < 4.78 is 5.58. The van der Waals surface area contributed by atoms with Crippen LogP contribution in [-0.4, -0.2) is 25.3 Å². The van der Waals surface area contributed by atoms with E-state index in [1.165, 1.54) is 5.56 Å². The number of nitrogens with zero attached hydrogens (tertiary/aromatic N) is 1. The molecule has 0 aliphatic heterocycles. The maximum atomic E-state index is 10.5. The van der Waals surface area contributed by atoms with E-state index >= 15 is 0 Å². The standard InChI is InChI=1S/C18H23NO2/c1-4-21-18-8-6-5-7-16(18)17(20)13-19(3)15-11-9-14(2)10-12-15/h5-12,17,20H,4,13H2,1-3H3. The van der Waals surface area contributed by atoms with Gasteiger partial charge in [0.1, 0.15) is 5.75 Å². The molecule has 3 nitrogen and oxygen atoms in total. The molecule has 2 rings (SSSR count). The Morgan fingerprint density at radius 2 is 1.76 bits per heavy atom. The van der Waals surface area contributed by atoms with Gasteiger partial charge in [-0.2, -0.15) is 0 Å². The van der Waals surface area contributed by atoms with E-state index in [0.717, 1.165) is 17.0 Å². The first-order valence-electron chi connectivity index (χ1n) is 7.29. The summed E-state index contributed by atoms with van der Waals surface area (Å²) >= 11 is 0. The van der Waals surface area contributed by atoms with Crippen LogP contribution in [0.2, 0.25) is 0 Å². The Bertz CT molecular complexity index is 566. The van der Waals surface area contributed by atoms with Crippen LogP contribution in [0, 0.1) is 6.92 Å². The van der Waals surface area contributed by atoms with E-state index in [4.69, 9.17) is 4.74 Å². The molecule has 1 unspecified atom stereocenters. The van der Waals surface area contributed by atoms with Gasteiger partial charge in [-0.1, -0.05) is 35.9 Å². The van der Waals surface area contributed by atoms with Crippen LogP contribution in [0.25, 0.3) is 0 Å². The third-order valence-corrected chi connectivity index (χ3v) is 3.50. The minimum absolute atomic E-state index is 0.521. The van der Waals surface area contributed by atoms with Crippen molar-refractivity contribution in [3.8, 4) is 5.75 Å². The first kappa shape index (κ1) is 15.4. The number of ether oxygens (including phenoxy) is 1. The molecule has 0 radical (unpaired) electrons. The van der Waals surface area contributed by atoms with Crippen molar-refractivity contribution in [3.05, 3.63) is 59.7 Å². The van der Waals surface area contributed by atoms with E-state index < -0.39 is 6.10 Å². The summed E-state index contributed by atoms with van der Waals surface area (Å²) in [6.45, 7) is 5.13. The number of aryl methyl sites for hydroxylation is 1. The molecule has 0 spiro atoms. The molecular formula is C18H23NO2. The van der Waals surface area contributed by atoms with Crippen molar-refractivity contribution in [2.45, 2.75) is 20.0 Å². The van der Waals surface area contributed by atoms with Crippen LogP contribution in [0.1, 0.15) is 24.2 Å². The Hall–Kier alpha value is -2.00. The van der Waals surface area contributed by atoms with Gasteiger partial charge >= 0.3 is 0 Å². The van der Waals surface area contributed by atoms with Gasteiger partial charge in [0, 0.05) is 24.8 Å². The van der Waals surface area contributed by atoms with Crippen molar-refractivity contribution in [3.63, 3.8) is 0 Å². The van der Waals surface area contributed by atoms with E-state index in [1.54, 1.807) is 0 Å². The summed E-state index contributed by atoms with van der Waals surface area (Å²) in [5.74, 6) is 0.754. The highest BCUT2D eigenvalue weighted by Crippen LogP contribution is 2.26. The zero-order valence-corrected chi connectivity index (χ0v) is 12.9. The lowest BCUT2D eigenvalue weighted by Crippen LogP contribution is -2.24. The average Bonchev–Trinajstić information content (AvgIpc) is 2.48. The highest BCUT2D eigenvalue weighted by atomic mass is 16.5. The minimum Gasteiger partial charge on any atom is -0.493 e. The highest BCUT2D eigenvalue weighted by Gasteiger charge is 2.15. The number of para-hydroxylation sites is 1. The maximum Gasteiger partial charge on any atom is 0.125 e. The molecule has 0 aromatic heterocycles. The molecular weight excluding hydrogens is 262 g/mol. The van der Waals surface area contributed by atoms with Gasteiger partial charge in [-0.15, -0.1) is 0 Å². The number of aliphatic hydroxyl groups excluding tert-OH is 1. The van der Waals surface area contributed by atoms with E-state index in [1.807, 2.05) is 43.1 Å². The van der Waals surface area contributed by atoms with Crippen molar-refractivity contribution >= 4 is 5.69 Å². The van der Waals surface area contributed by atoms with Crippen molar-refractivity contribution in [1.82, 2.24) is 0 Å². The van der Waals surface area contributed by atoms with Gasteiger partial charge in [-0.05, 0) is 32.0 Å². The predicted molar refractivity (Wildman–Crippen MR) is 87.0 cm³/mol. The van der Waals surface area contributed by atoms with Crippen molar-refractivity contribution < 1.29 is 9.84 Å². The van der Waals surface area contributed by atoms with Gasteiger partial charge in [0.2, 0.25) is 0 Å². The van der Waals surface area contributed by atoms with Crippen LogP contribution in [0.4, 0.5) is 5.69 Å². The van der Waals surface area contributed by atoms with Crippen LogP contribution >= 0.6 is 0 Å². The Morgan fingerprint density at radius 3 is 2.43 bits per heavy atom. The lowest BCUT2D eigenvalue weighted by molar-refractivity contribution is 0.178. The van der Waals surface area contributed by atoms with Gasteiger partial charge in [0.25, 0.3) is 0 Å². The summed E-state index contributed by atoms with van der Waals surface area (Å²) in [5.41, 5.74) is 3.15. The summed E-state index contributed by atoms with van der Waals surface area (Å²) in [5, 5.41) is 10.5. The second kappa shape index (κ2) is 7.14. The molecule has 0 fully saturated rings. The summed E-state index contributed by atoms with van der Waals surface area (Å²) in [7, 11) is 1.98. The first-order chi connectivity index (χ1) is 10.1. The number of hydrogen-bond donors (Lipinski definition) is 1. The zero-order chi connectivity index (χ0) is 15.2. The molecule has 0 bridgehead atoms. The third-order valence-electron chi connectivity index (χ3n) is 3.50. The Balaban J connectivity index is 2.10. The Labute approximate surface area is 126 Å². The van der Waals surface area contributed by atoms with Gasteiger partial charge in [0.05, 0.1) is 12.7 Å². The van der Waals surface area contributed by atoms with Crippen LogP contribution in [0.3, 0.4) is 0 Å². The summed E-state index contributed by atoms with van der Waals surface area (Å²) in [6.07, 6.45) is -0.584. The van der Waals surface area contributed by atoms with Gasteiger partial charge in [-0.25, -0.2) is 0 Å². The topological polar surface area (TPSA) is 32.7 Å². The highest BCUT2D eigenvalue weighted by molar-refractivity contribution is 5.47. The molecule has 0 saturated heterocycles. The van der Waals surface area contributed by atoms with Crippen molar-refractivity contribution in [2.24, 2.45) is 0 Å². The first-order valence-corrected chi connectivity index (χ1v) is 7.29. The number of benzene rings is 2. The van der Waals surface area contributed by atoms with E-state index in [2.05, 4.69) is 31.2 Å². The smallest absolute Gasteiger partial charge is 0.125 e. The number of likely N-dealkylation sites (N-methyl/N-ethyl adjacent to an activating group) is 1. The van der Waals surface area contributed by atoms with Crippen LogP contribution in [-0.2, 0) is 0 Å². The van der Waals surface area contributed by atoms with Crippen LogP contribution in [0.5, 0.6) is 5.75 Å². The molecule has 2 aromatic carbocycles. The van der Waals surface area contributed by atoms with E-state index in [9.17, 15) is 5.11 Å². The molecule has 0 heterocycles. The predicted octanol–water partition coefficient (Wildman–Crippen LogP) is 3.56. The fourth-order valence-corrected chi connectivity index (χ4v) is 2.31. The maximum absolute atomic E-state index is 10.5. The minimum atomic E-state index is -0.584. The molecule has 1 atom stereocenters. The second-order valence-corrected chi connectivity index (χ2v) is 5.20. The number of aliphatic hydroxyl groups is 1. The van der Waals surface area contributed by atoms with Gasteiger partial charge in [0.15, 0.2) is 0 Å². The SMILES string of the molecule is CCOc1ccccc1C(O)CN(C)c1ccc(C)cc1. The second-order valence-electron chi connectivity index (χ2n) is 5.20. The Kier molecular flexibility index (Phi) is 5.23. The molecule has 0 aliphatic carbocycles. The average molecular weight is 285 g/mol. The van der Waals surface area contributed by atoms with Gasteiger partial charge in [-0.3, -0.25) is 0 Å². The third kappa shape index (κ3) is 3.99. The van der Waals surface area contributed by atoms with Crippen LogP contribution in [0.15, 0.2) is 48.5 Å². The largest absolute Gasteiger partial charge is 0.493 e. The molecule has 21 heavy (non-hydrogen) atoms. The molecule has 112 valence electrons. The molecule has 2 aromatic rings. The lowest BCUT2D eigenvalue weighted by Gasteiger charge is -2.24. The lowest BCUT2D eigenvalue weighted by atomic mass is 10.1. The van der Waals surface area contributed by atoms with Gasteiger partial charge < -0.3 is 14.7 Å². The van der Waals surface area contributed by atoms with E-state index in [0.29, 0.717) is 13.2 Å². The summed E-state index contributed by atoms with van der Waals surface area (Å²) in [4.78, 5) is 2.05. The molecule has 3 heteroatoms. The quantitative estimate of drug-likeness (QED) is 0.881. The molecule has 1 N–H and O–H groups in total. The van der Waals surface area contributed by atoms with Crippen LogP contribution < -0.4 is 9.64 Å². The van der Waals surface area contributed by atoms with Crippen molar-refractivity contribution in [2.75, 3.05) is 25.1 Å². The Morgan fingerprint density at radius 1 is 1.10 bits per heavy atom. The summed E-state index contributed by atoms with van der Waals surface area (Å²) in [6, 6.07) is 15.9. The number of hydrogen-bond acceptors (Lipinski definition) is 3. The fraction of sp³-hybridized carbons (Fsp3) is 0.333. The van der Waals surface area contributed by atoms with Crippen molar-refractivity contribution in [1.29, 1.82) is 0 Å². The normalized spacial score (nSPS) is 12.0. The molecule has 0 aliphatic rings. The van der Waals surface area contributed by atoms with E-state index in [-0.39, 0.29) is 0 Å². The number of rotatable bonds is 6. The monoisotopic (exact) mass is 285 g/mol. The zero-order valence-electron chi connectivity index (χ0n) is 12.9.